The van der Waals surface area contributed by atoms with Gasteiger partial charge < -0.3 is 27.1 Å². The molecule has 7 N–H and O–H groups in total. The number of hydrogen-bond donors (Lipinski definition) is 5. The molecule has 10 heteroatoms. The molecule has 0 spiro atoms. The summed E-state index contributed by atoms with van der Waals surface area (Å²) in [5.74, 6) is -0.124. The third kappa shape index (κ3) is 5.84. The van der Waals surface area contributed by atoms with E-state index in [9.17, 15) is 9.59 Å². The molecule has 0 fully saturated rings. The SMILES string of the molecule is Cl.Cl.NCCNC(=O)c1ccc(-c2ccc3[nH]c4ccc(-c5ccc6c(ccn6C(=O)NCCN)c5)cc4c3c2)cc1. The van der Waals surface area contributed by atoms with Crippen molar-refractivity contribution in [2.45, 2.75) is 0 Å². The average molecular weight is 604 g/mol. The molecular weight excluding hydrogens is 571 g/mol. The summed E-state index contributed by atoms with van der Waals surface area (Å²) in [7, 11) is 0. The normalized spacial score (nSPS) is 10.8. The maximum atomic E-state index is 12.5. The highest BCUT2D eigenvalue weighted by Crippen LogP contribution is 2.34. The van der Waals surface area contributed by atoms with Crippen LogP contribution in [0.25, 0.3) is 55.0 Å². The third-order valence-corrected chi connectivity index (χ3v) is 7.17. The average Bonchev–Trinajstić information content (AvgIpc) is 3.59. The first-order valence-electron chi connectivity index (χ1n) is 13.3. The first kappa shape index (κ1) is 30.6. The van der Waals surface area contributed by atoms with Crippen molar-refractivity contribution in [3.63, 3.8) is 0 Å². The van der Waals surface area contributed by atoms with Gasteiger partial charge in [-0.1, -0.05) is 30.3 Å². The maximum Gasteiger partial charge on any atom is 0.326 e. The lowest BCUT2D eigenvalue weighted by atomic mass is 9.99. The number of H-pyrrole nitrogens is 1. The highest BCUT2D eigenvalue weighted by atomic mass is 35.5. The molecule has 2 heterocycles. The molecule has 0 aliphatic carbocycles. The van der Waals surface area contributed by atoms with E-state index < -0.39 is 0 Å². The van der Waals surface area contributed by atoms with Gasteiger partial charge in [-0.15, -0.1) is 24.8 Å². The number of nitrogens with two attached hydrogens (primary N) is 2. The molecule has 8 nitrogen and oxygen atoms in total. The number of nitrogens with one attached hydrogen (secondary N) is 3. The van der Waals surface area contributed by atoms with Gasteiger partial charge in [-0.3, -0.25) is 9.36 Å². The maximum absolute atomic E-state index is 12.5. The van der Waals surface area contributed by atoms with Gasteiger partial charge in [-0.25, -0.2) is 4.79 Å². The van der Waals surface area contributed by atoms with Gasteiger partial charge in [0.2, 0.25) is 0 Å². The van der Waals surface area contributed by atoms with E-state index in [1.54, 1.807) is 10.8 Å². The number of carbonyl (C=O) groups is 2. The number of hydrogen-bond acceptors (Lipinski definition) is 4. The smallest absolute Gasteiger partial charge is 0.326 e. The summed E-state index contributed by atoms with van der Waals surface area (Å²) >= 11 is 0. The minimum atomic E-state index is -0.186. The minimum absolute atomic E-state index is 0. The second-order valence-corrected chi connectivity index (χ2v) is 9.75. The minimum Gasteiger partial charge on any atom is -0.355 e. The molecule has 42 heavy (non-hydrogen) atoms. The van der Waals surface area contributed by atoms with Crippen molar-refractivity contribution in [2.75, 3.05) is 26.2 Å². The van der Waals surface area contributed by atoms with Crippen LogP contribution in [-0.2, 0) is 0 Å². The molecule has 0 radical (unpaired) electrons. The molecule has 4 aromatic carbocycles. The molecule has 6 aromatic rings. The van der Waals surface area contributed by atoms with Crippen molar-refractivity contribution in [1.82, 2.24) is 20.2 Å². The Morgan fingerprint density at radius 1 is 0.667 bits per heavy atom. The zero-order valence-electron chi connectivity index (χ0n) is 22.7. The van der Waals surface area contributed by atoms with Crippen molar-refractivity contribution >= 4 is 69.5 Å². The zero-order valence-corrected chi connectivity index (χ0v) is 24.4. The molecule has 0 saturated carbocycles. The molecular formula is C32H32Cl2N6O2. The van der Waals surface area contributed by atoms with Crippen LogP contribution in [0.3, 0.4) is 0 Å². The van der Waals surface area contributed by atoms with Crippen LogP contribution in [0.5, 0.6) is 0 Å². The Morgan fingerprint density at radius 3 is 1.86 bits per heavy atom. The van der Waals surface area contributed by atoms with E-state index >= 15 is 0 Å². The lowest BCUT2D eigenvalue weighted by Gasteiger charge is -2.07. The first-order chi connectivity index (χ1) is 19.6. The molecule has 0 aliphatic rings. The number of rotatable bonds is 7. The lowest BCUT2D eigenvalue weighted by Crippen LogP contribution is -2.32. The van der Waals surface area contributed by atoms with Crippen LogP contribution in [0.1, 0.15) is 10.4 Å². The standard InChI is InChI=1S/C32H30N6O2.2ClH/c33-12-14-35-31(39)21-3-1-20(2-4-21)23-5-8-28-26(18-23)27-19-24(6-9-29(27)37-28)22-7-10-30-25(17-22)11-16-38(30)32(40)36-15-13-34;;/h1-11,16-19,37H,12-15,33-34H2,(H,35,39)(H,36,40);2*1H. The van der Waals surface area contributed by atoms with Crippen molar-refractivity contribution < 1.29 is 9.59 Å². The monoisotopic (exact) mass is 602 g/mol. The molecule has 2 aromatic heterocycles. The van der Waals surface area contributed by atoms with Crippen molar-refractivity contribution in [3.8, 4) is 22.3 Å². The number of aromatic amines is 1. The molecule has 6 rings (SSSR count). The van der Waals surface area contributed by atoms with E-state index in [4.69, 9.17) is 11.5 Å². The lowest BCUT2D eigenvalue weighted by molar-refractivity contribution is 0.0954. The topological polar surface area (TPSA) is 131 Å². The van der Waals surface area contributed by atoms with Gasteiger partial charge >= 0.3 is 6.03 Å². The second-order valence-electron chi connectivity index (χ2n) is 9.75. The molecule has 2 amide bonds. The number of amides is 2. The molecule has 216 valence electrons. The highest BCUT2D eigenvalue weighted by Gasteiger charge is 2.12. The van der Waals surface area contributed by atoms with E-state index in [-0.39, 0.29) is 36.8 Å². The van der Waals surface area contributed by atoms with Crippen LogP contribution in [-0.4, -0.2) is 47.7 Å². The second kappa shape index (κ2) is 13.1. The Hall–Kier alpha value is -4.34. The van der Waals surface area contributed by atoms with Gasteiger partial charge in [-0.05, 0) is 76.9 Å². The fourth-order valence-electron chi connectivity index (χ4n) is 5.12. The number of aromatic nitrogens is 2. The Balaban J connectivity index is 0.00000202. The quantitative estimate of drug-likeness (QED) is 0.161. The van der Waals surface area contributed by atoms with Gasteiger partial charge in [0, 0.05) is 65.1 Å². The largest absolute Gasteiger partial charge is 0.355 e. The van der Waals surface area contributed by atoms with E-state index in [0.29, 0.717) is 31.7 Å². The Morgan fingerprint density at radius 2 is 1.21 bits per heavy atom. The molecule has 0 unspecified atom stereocenters. The first-order valence-corrected chi connectivity index (χ1v) is 13.3. The molecule has 0 aliphatic heterocycles. The number of fused-ring (bicyclic) bond motifs is 4. The molecule has 0 bridgehead atoms. The van der Waals surface area contributed by atoms with Gasteiger partial charge in [0.15, 0.2) is 0 Å². The number of nitrogens with zero attached hydrogens (tertiary/aromatic N) is 1. The third-order valence-electron chi connectivity index (χ3n) is 7.17. The number of benzene rings is 4. The fraction of sp³-hybridized carbons (Fsp3) is 0.125. The van der Waals surface area contributed by atoms with Gasteiger partial charge in [0.25, 0.3) is 5.91 Å². The van der Waals surface area contributed by atoms with Gasteiger partial charge in [0.05, 0.1) is 5.52 Å². The zero-order chi connectivity index (χ0) is 27.6. The molecule has 0 saturated heterocycles. The summed E-state index contributed by atoms with van der Waals surface area (Å²) in [6.45, 7) is 1.69. The number of carbonyl (C=O) groups excluding carboxylic acids is 2. The van der Waals surface area contributed by atoms with E-state index in [0.717, 1.165) is 55.0 Å². The van der Waals surface area contributed by atoms with Crippen LogP contribution in [0, 0.1) is 0 Å². The summed E-state index contributed by atoms with van der Waals surface area (Å²) in [4.78, 5) is 28.2. The van der Waals surface area contributed by atoms with Gasteiger partial charge in [-0.2, -0.15) is 0 Å². The molecule has 0 atom stereocenters. The summed E-state index contributed by atoms with van der Waals surface area (Å²) in [5.41, 5.74) is 18.9. The predicted molar refractivity (Wildman–Crippen MR) is 176 cm³/mol. The summed E-state index contributed by atoms with van der Waals surface area (Å²) < 4.78 is 1.61. The van der Waals surface area contributed by atoms with Crippen molar-refractivity contribution in [1.29, 1.82) is 0 Å². The van der Waals surface area contributed by atoms with E-state index in [1.807, 2.05) is 42.5 Å². The van der Waals surface area contributed by atoms with Crippen LogP contribution in [0.15, 0.2) is 91.1 Å². The fourth-order valence-corrected chi connectivity index (χ4v) is 5.12. The number of halogens is 2. The van der Waals surface area contributed by atoms with E-state index in [2.05, 4.69) is 58.1 Å². The van der Waals surface area contributed by atoms with Crippen molar-refractivity contribution in [2.24, 2.45) is 11.5 Å². The van der Waals surface area contributed by atoms with E-state index in [1.165, 1.54) is 0 Å². The van der Waals surface area contributed by atoms with Crippen LogP contribution >= 0.6 is 24.8 Å². The summed E-state index contributed by atoms with van der Waals surface area (Å²) in [5, 5.41) is 8.86. The Labute approximate surface area is 255 Å². The van der Waals surface area contributed by atoms with Crippen LogP contribution < -0.4 is 22.1 Å². The van der Waals surface area contributed by atoms with Crippen LogP contribution in [0.2, 0.25) is 0 Å². The summed E-state index contributed by atoms with van der Waals surface area (Å²) in [6.07, 6.45) is 1.78. The highest BCUT2D eigenvalue weighted by molar-refractivity contribution is 6.10. The Kier molecular flexibility index (Phi) is 9.55. The summed E-state index contributed by atoms with van der Waals surface area (Å²) in [6, 6.07) is 28.3. The Bertz CT molecular complexity index is 1880. The van der Waals surface area contributed by atoms with Crippen molar-refractivity contribution in [3.05, 3.63) is 96.7 Å². The van der Waals surface area contributed by atoms with Crippen LogP contribution in [0.4, 0.5) is 4.79 Å². The van der Waals surface area contributed by atoms with Gasteiger partial charge in [0.1, 0.15) is 0 Å². The predicted octanol–water partition coefficient (Wildman–Crippen LogP) is 5.66.